The van der Waals surface area contributed by atoms with Crippen molar-refractivity contribution in [3.8, 4) is 11.1 Å². The van der Waals surface area contributed by atoms with E-state index in [1.54, 1.807) is 6.92 Å². The van der Waals surface area contributed by atoms with Gasteiger partial charge in [0.05, 0.1) is 12.3 Å². The zero-order valence-corrected chi connectivity index (χ0v) is 19.7. The van der Waals surface area contributed by atoms with E-state index in [-0.39, 0.29) is 42.2 Å². The van der Waals surface area contributed by atoms with Gasteiger partial charge in [0.1, 0.15) is 11.5 Å². The number of carbonyl (C=O) groups is 3. The minimum absolute atomic E-state index is 0.0756. The van der Waals surface area contributed by atoms with Crippen LogP contribution in [0.1, 0.15) is 38.8 Å². The maximum absolute atomic E-state index is 12.8. The lowest BCUT2D eigenvalue weighted by atomic mass is 9.98. The summed E-state index contributed by atoms with van der Waals surface area (Å²) in [5.74, 6) is -1.80. The highest BCUT2D eigenvalue weighted by atomic mass is 32.1. The molecule has 1 aliphatic heterocycles. The first-order valence-corrected chi connectivity index (χ1v) is 11.9. The largest absolute Gasteiger partial charge is 0.479 e. The van der Waals surface area contributed by atoms with Crippen LogP contribution < -0.4 is 10.6 Å². The van der Waals surface area contributed by atoms with Crippen molar-refractivity contribution in [3.05, 3.63) is 70.2 Å². The molecule has 2 aliphatic rings. The summed E-state index contributed by atoms with van der Waals surface area (Å²) in [5.41, 5.74) is 3.39. The second-order valence-electron chi connectivity index (χ2n) is 8.53. The fourth-order valence-electron chi connectivity index (χ4n) is 4.54. The smallest absolute Gasteiger partial charge is 0.413 e. The number of hydrogen-bond acceptors (Lipinski definition) is 7. The van der Waals surface area contributed by atoms with Gasteiger partial charge in [0.25, 0.3) is 5.91 Å². The van der Waals surface area contributed by atoms with Crippen molar-refractivity contribution in [3.63, 3.8) is 0 Å². The number of rotatable bonds is 6. The molecule has 9 nitrogen and oxygen atoms in total. The van der Waals surface area contributed by atoms with E-state index in [4.69, 9.17) is 9.47 Å². The topological polar surface area (TPSA) is 127 Å². The lowest BCUT2D eigenvalue weighted by Gasteiger charge is -2.23. The maximum atomic E-state index is 12.8. The summed E-state index contributed by atoms with van der Waals surface area (Å²) < 4.78 is 10.7. The number of aliphatic carboxylic acids is 1. The van der Waals surface area contributed by atoms with Gasteiger partial charge in [-0.05, 0) is 29.2 Å². The van der Waals surface area contributed by atoms with Crippen LogP contribution in [0.5, 0.6) is 0 Å². The highest BCUT2D eigenvalue weighted by molar-refractivity contribution is 7.17. The van der Waals surface area contributed by atoms with Gasteiger partial charge in [-0.2, -0.15) is 0 Å². The molecule has 3 aromatic rings. The van der Waals surface area contributed by atoms with Crippen LogP contribution in [0.15, 0.2) is 48.5 Å². The molecule has 1 atom stereocenters. The number of carbonyl (C=O) groups excluding carboxylic acids is 2. The number of hydrogen-bond donors (Lipinski definition) is 3. The van der Waals surface area contributed by atoms with Gasteiger partial charge in [0, 0.05) is 18.9 Å². The first-order chi connectivity index (χ1) is 16.9. The molecule has 3 N–H and O–H groups in total. The molecular formula is C25H23N3O6S. The number of aryl methyl sites for hydroxylation is 1. The van der Waals surface area contributed by atoms with Gasteiger partial charge in [0.2, 0.25) is 0 Å². The Bertz CT molecular complexity index is 1270. The van der Waals surface area contributed by atoms with Gasteiger partial charge < -0.3 is 19.9 Å². The van der Waals surface area contributed by atoms with Crippen molar-refractivity contribution >= 4 is 34.4 Å². The lowest BCUT2D eigenvalue weighted by Crippen LogP contribution is -2.55. The summed E-state index contributed by atoms with van der Waals surface area (Å²) in [4.78, 5) is 41.4. The van der Waals surface area contributed by atoms with Crippen LogP contribution >= 0.6 is 11.3 Å². The number of ether oxygens (including phenoxy) is 2. The number of anilines is 1. The number of fused-ring (bicyclic) bond motifs is 3. The van der Waals surface area contributed by atoms with E-state index in [2.05, 4.69) is 27.8 Å². The van der Waals surface area contributed by atoms with Crippen LogP contribution in [0.25, 0.3) is 11.1 Å². The summed E-state index contributed by atoms with van der Waals surface area (Å²) in [6, 6.07) is 16.1. The van der Waals surface area contributed by atoms with Crippen molar-refractivity contribution in [2.75, 3.05) is 25.1 Å². The number of nitrogens with one attached hydrogen (secondary N) is 2. The molecule has 1 fully saturated rings. The van der Waals surface area contributed by atoms with Crippen LogP contribution in [0.4, 0.5) is 9.93 Å². The monoisotopic (exact) mass is 493 g/mol. The molecule has 1 unspecified atom stereocenters. The molecule has 1 saturated heterocycles. The molecule has 0 radical (unpaired) electrons. The minimum Gasteiger partial charge on any atom is -0.479 e. The standard InChI is InChI=1S/C25H23N3O6S/c1-14-20(21(29)28-25(22(30)31)10-11-33-13-25)35-23(26-14)27-24(32)34-12-19-17-8-4-2-6-15(17)16-7-3-5-9-18(16)19/h2-9,19H,10-13H2,1H3,(H,28,29)(H,30,31)(H,26,27,32). The molecule has 0 saturated carbocycles. The lowest BCUT2D eigenvalue weighted by molar-refractivity contribution is -0.144. The maximum Gasteiger partial charge on any atom is 0.413 e. The Morgan fingerprint density at radius 2 is 1.80 bits per heavy atom. The van der Waals surface area contributed by atoms with Gasteiger partial charge in [-0.1, -0.05) is 59.9 Å². The quantitative estimate of drug-likeness (QED) is 0.477. The van der Waals surface area contributed by atoms with E-state index in [0.29, 0.717) is 5.69 Å². The number of thiazole rings is 1. The average molecular weight is 494 g/mol. The first-order valence-electron chi connectivity index (χ1n) is 11.1. The average Bonchev–Trinajstić information content (AvgIpc) is 3.54. The van der Waals surface area contributed by atoms with Gasteiger partial charge in [0.15, 0.2) is 10.7 Å². The fourth-order valence-corrected chi connectivity index (χ4v) is 5.39. The second-order valence-corrected chi connectivity index (χ2v) is 9.53. The highest BCUT2D eigenvalue weighted by Crippen LogP contribution is 2.44. The number of carboxylic acid groups (broad SMARTS) is 1. The molecule has 5 rings (SSSR count). The summed E-state index contributed by atoms with van der Waals surface area (Å²) in [6.45, 7) is 1.92. The summed E-state index contributed by atoms with van der Waals surface area (Å²) in [6.07, 6.45) is -0.504. The van der Waals surface area contributed by atoms with E-state index in [0.717, 1.165) is 33.6 Å². The SMILES string of the molecule is Cc1nc(NC(=O)OCC2c3ccccc3-c3ccccc32)sc1C(=O)NC1(C(=O)O)CCOC1. The third-order valence-corrected chi connectivity index (χ3v) is 7.41. The molecule has 1 aromatic heterocycles. The molecule has 2 aromatic carbocycles. The molecule has 0 spiro atoms. The van der Waals surface area contributed by atoms with Crippen molar-refractivity contribution in [2.45, 2.75) is 24.8 Å². The molecular weight excluding hydrogens is 470 g/mol. The molecule has 0 bridgehead atoms. The Morgan fingerprint density at radius 3 is 2.40 bits per heavy atom. The van der Waals surface area contributed by atoms with Gasteiger partial charge in [-0.15, -0.1) is 0 Å². The number of benzene rings is 2. The number of amides is 2. The normalized spacial score (nSPS) is 18.5. The number of aromatic nitrogens is 1. The van der Waals surface area contributed by atoms with Crippen molar-refractivity contribution in [2.24, 2.45) is 0 Å². The first kappa shape index (κ1) is 23.0. The second kappa shape index (κ2) is 9.12. The molecule has 2 amide bonds. The van der Waals surface area contributed by atoms with Gasteiger partial charge in [-0.25, -0.2) is 14.6 Å². The Hall–Kier alpha value is -3.76. The predicted octanol–water partition coefficient (Wildman–Crippen LogP) is 3.79. The van der Waals surface area contributed by atoms with E-state index in [1.165, 1.54) is 0 Å². The Morgan fingerprint density at radius 1 is 1.14 bits per heavy atom. The molecule has 180 valence electrons. The van der Waals surface area contributed by atoms with Crippen LogP contribution in [-0.2, 0) is 14.3 Å². The van der Waals surface area contributed by atoms with Gasteiger partial charge in [-0.3, -0.25) is 10.1 Å². The van der Waals surface area contributed by atoms with E-state index < -0.39 is 23.5 Å². The van der Waals surface area contributed by atoms with Gasteiger partial charge >= 0.3 is 12.1 Å². The summed E-state index contributed by atoms with van der Waals surface area (Å²) >= 11 is 0.956. The van der Waals surface area contributed by atoms with Crippen LogP contribution in [0, 0.1) is 6.92 Å². The van der Waals surface area contributed by atoms with Crippen molar-refractivity contribution in [1.29, 1.82) is 0 Å². The number of carboxylic acids is 1. The molecule has 2 heterocycles. The minimum atomic E-state index is -1.46. The van der Waals surface area contributed by atoms with E-state index in [1.807, 2.05) is 36.4 Å². The van der Waals surface area contributed by atoms with Crippen LogP contribution in [0.2, 0.25) is 0 Å². The third kappa shape index (κ3) is 4.26. The summed E-state index contributed by atoms with van der Waals surface area (Å²) in [7, 11) is 0. The zero-order valence-electron chi connectivity index (χ0n) is 18.9. The third-order valence-electron chi connectivity index (χ3n) is 6.34. The summed E-state index contributed by atoms with van der Waals surface area (Å²) in [5, 5.41) is 14.9. The Kier molecular flexibility index (Phi) is 6.00. The predicted molar refractivity (Wildman–Crippen MR) is 129 cm³/mol. The highest BCUT2D eigenvalue weighted by Gasteiger charge is 2.44. The molecule has 10 heteroatoms. The zero-order chi connectivity index (χ0) is 24.6. The Labute approximate surface area is 205 Å². The fraction of sp³-hybridized carbons (Fsp3) is 0.280. The Balaban J connectivity index is 1.24. The molecule has 35 heavy (non-hydrogen) atoms. The van der Waals surface area contributed by atoms with Crippen LogP contribution in [-0.4, -0.2) is 53.4 Å². The van der Waals surface area contributed by atoms with Crippen LogP contribution in [0.3, 0.4) is 0 Å². The van der Waals surface area contributed by atoms with E-state index in [9.17, 15) is 19.5 Å². The van der Waals surface area contributed by atoms with E-state index >= 15 is 0 Å². The number of nitrogens with zero attached hydrogens (tertiary/aromatic N) is 1. The van der Waals surface area contributed by atoms with Crippen molar-refractivity contribution < 1.29 is 29.0 Å². The van der Waals surface area contributed by atoms with Crippen molar-refractivity contribution in [1.82, 2.24) is 10.3 Å². The molecule has 1 aliphatic carbocycles.